The van der Waals surface area contributed by atoms with Crippen molar-refractivity contribution < 1.29 is 30.0 Å². The van der Waals surface area contributed by atoms with E-state index in [1.165, 1.54) is 24.3 Å². The fourth-order valence-corrected chi connectivity index (χ4v) is 2.21. The smallest absolute Gasteiger partial charge is 0.408 e. The first-order chi connectivity index (χ1) is 15.5. The maximum atomic E-state index is 12.2. The average molecular weight is 427 g/mol. The van der Waals surface area contributed by atoms with Gasteiger partial charge in [-0.1, -0.05) is 12.1 Å². The molecule has 0 saturated heterocycles. The van der Waals surface area contributed by atoms with Crippen molar-refractivity contribution in [3.63, 3.8) is 0 Å². The summed E-state index contributed by atoms with van der Waals surface area (Å²) >= 11 is 11.1. The summed E-state index contributed by atoms with van der Waals surface area (Å²) in [5, 5.41) is 2.40. The number of amides is 1. The van der Waals surface area contributed by atoms with Gasteiger partial charge in [0.15, 0.2) is 0 Å². The molecule has 0 fully saturated rings. The highest BCUT2D eigenvalue weighted by atomic mass is 35.5. The third-order valence-electron chi connectivity index (χ3n) is 3.12. The van der Waals surface area contributed by atoms with E-state index in [1.807, 2.05) is 0 Å². The molecule has 0 spiro atoms. The number of methoxy groups -OCH3 is 1. The number of hydrogen-bond donors (Lipinski definition) is 1. The van der Waals surface area contributed by atoms with Gasteiger partial charge < -0.3 is 19.7 Å². The Bertz CT molecular complexity index is 874. The zero-order valence-corrected chi connectivity index (χ0v) is 16.9. The van der Waals surface area contributed by atoms with Gasteiger partial charge in [0.2, 0.25) is 0 Å². The summed E-state index contributed by atoms with van der Waals surface area (Å²) in [6.07, 6.45) is -0.940. The molecule has 0 bridgehead atoms. The Labute approximate surface area is 182 Å². The Hall–Kier alpha value is -1.66. The molecular formula is C19H28Cl2N2O4. The lowest BCUT2D eigenvalue weighted by molar-refractivity contribution is -0.143. The van der Waals surface area contributed by atoms with Crippen LogP contribution >= 0.6 is 23.2 Å². The van der Waals surface area contributed by atoms with Crippen LogP contribution in [0.4, 0.5) is 10.5 Å². The van der Waals surface area contributed by atoms with Crippen molar-refractivity contribution in [3.05, 3.63) is 29.8 Å². The molecule has 0 aliphatic heterocycles. The molecule has 152 valence electrons. The summed E-state index contributed by atoms with van der Waals surface area (Å²) in [7, 11) is 1.14. The number of benzene rings is 1. The number of ether oxygens (including phenoxy) is 2. The van der Waals surface area contributed by atoms with Crippen LogP contribution in [0.5, 0.6) is 0 Å². The second-order valence-electron chi connectivity index (χ2n) is 6.34. The molecule has 27 heavy (non-hydrogen) atoms. The quantitative estimate of drug-likeness (QED) is 0.482. The Balaban J connectivity index is 3.35. The summed E-state index contributed by atoms with van der Waals surface area (Å²) in [6, 6.07) is 3.92. The van der Waals surface area contributed by atoms with E-state index < -0.39 is 48.4 Å². The molecule has 0 aliphatic rings. The Morgan fingerprint density at radius 3 is 2.19 bits per heavy atom. The fourth-order valence-electron chi connectivity index (χ4n) is 2.04. The monoisotopic (exact) mass is 426 g/mol. The van der Waals surface area contributed by atoms with E-state index in [1.54, 1.807) is 20.8 Å². The van der Waals surface area contributed by atoms with Gasteiger partial charge in [-0.2, -0.15) is 0 Å². The van der Waals surface area contributed by atoms with Crippen LogP contribution in [0.1, 0.15) is 37.3 Å². The number of rotatable bonds is 9. The molecule has 1 rings (SSSR count). The van der Waals surface area contributed by atoms with Gasteiger partial charge in [-0.3, -0.25) is 0 Å². The maximum Gasteiger partial charge on any atom is 0.408 e. The summed E-state index contributed by atoms with van der Waals surface area (Å²) in [6.45, 7) is -1.57. The number of anilines is 1. The molecule has 0 aromatic heterocycles. The number of carbonyl (C=O) groups is 2. The first kappa shape index (κ1) is 13.5. The number of hydrogen-bond acceptors (Lipinski definition) is 5. The molecule has 1 atom stereocenters. The Kier molecular flexibility index (Phi) is 5.62. The molecule has 8 heteroatoms. The molecule has 0 radical (unpaired) electrons. The van der Waals surface area contributed by atoms with Crippen molar-refractivity contribution in [1.82, 2.24) is 5.32 Å². The van der Waals surface area contributed by atoms with E-state index >= 15 is 0 Å². The van der Waals surface area contributed by atoms with Crippen LogP contribution in [-0.2, 0) is 20.7 Å². The normalized spacial score (nSPS) is 18.7. The molecule has 1 aromatic carbocycles. The fraction of sp³-hybridized carbons (Fsp3) is 0.579. The second-order valence-corrected chi connectivity index (χ2v) is 6.72. The highest BCUT2D eigenvalue weighted by Crippen LogP contribution is 2.17. The minimum absolute atomic E-state index is 0.0847. The van der Waals surface area contributed by atoms with Crippen LogP contribution in [0.2, 0.25) is 0 Å². The minimum Gasteiger partial charge on any atom is -0.467 e. The maximum absolute atomic E-state index is 12.2. The van der Waals surface area contributed by atoms with Crippen molar-refractivity contribution in [1.29, 1.82) is 0 Å². The van der Waals surface area contributed by atoms with Crippen LogP contribution < -0.4 is 10.2 Å². The number of halogens is 2. The van der Waals surface area contributed by atoms with Gasteiger partial charge in [0.05, 0.1) is 12.6 Å². The van der Waals surface area contributed by atoms with Gasteiger partial charge in [0.1, 0.15) is 11.6 Å². The Morgan fingerprint density at radius 1 is 1.19 bits per heavy atom. The van der Waals surface area contributed by atoms with Crippen molar-refractivity contribution in [2.45, 2.75) is 38.8 Å². The van der Waals surface area contributed by atoms with Gasteiger partial charge in [-0.25, -0.2) is 9.59 Å². The number of esters is 1. The average Bonchev–Trinajstić information content (AvgIpc) is 2.64. The molecule has 6 nitrogen and oxygen atoms in total. The molecule has 0 aliphatic carbocycles. The molecule has 0 saturated carbocycles. The summed E-state index contributed by atoms with van der Waals surface area (Å²) in [5.41, 5.74) is -0.675. The van der Waals surface area contributed by atoms with Crippen LogP contribution in [0.15, 0.2) is 24.3 Å². The number of nitrogens with zero attached hydrogens (tertiary/aromatic N) is 1. The van der Waals surface area contributed by atoms with Crippen molar-refractivity contribution in [2.24, 2.45) is 0 Å². The zero-order chi connectivity index (χ0) is 27.6. The van der Waals surface area contributed by atoms with Gasteiger partial charge in [0, 0.05) is 42.2 Å². The highest BCUT2D eigenvalue weighted by molar-refractivity contribution is 6.18. The number of alkyl halides is 2. The minimum atomic E-state index is -3.26. The van der Waals surface area contributed by atoms with E-state index in [9.17, 15) is 9.59 Å². The van der Waals surface area contributed by atoms with Gasteiger partial charge >= 0.3 is 12.1 Å². The standard InChI is InChI=1S/C19H28Cl2N2O4/c1-19(2,3)27-18(25)22-16(17(24)26-4)13-14-5-7-15(8-6-14)23(11-9-20)12-10-21/h5-8,16H,9-13H2,1-4H3,(H,22,25)/t16-/m0/s1/i9D2,10D2,11D2,12D2. The lowest BCUT2D eigenvalue weighted by Gasteiger charge is -2.24. The third kappa shape index (κ3) is 8.71. The molecule has 1 amide bonds. The lowest BCUT2D eigenvalue weighted by atomic mass is 10.1. The van der Waals surface area contributed by atoms with E-state index in [4.69, 9.17) is 43.6 Å². The molecular weight excluding hydrogens is 391 g/mol. The van der Waals surface area contributed by atoms with E-state index in [2.05, 4.69) is 5.32 Å². The van der Waals surface area contributed by atoms with Crippen LogP contribution in [0.3, 0.4) is 0 Å². The van der Waals surface area contributed by atoms with Crippen LogP contribution in [0.25, 0.3) is 0 Å². The van der Waals surface area contributed by atoms with E-state index in [0.717, 1.165) is 7.11 Å². The lowest BCUT2D eigenvalue weighted by Crippen LogP contribution is -2.45. The first-order valence-electron chi connectivity index (χ1n) is 11.9. The predicted octanol–water partition coefficient (Wildman–Crippen LogP) is 3.58. The number of alkyl carbamates (subject to hydrolysis) is 1. The zero-order valence-electron chi connectivity index (χ0n) is 23.4. The Morgan fingerprint density at radius 2 is 1.74 bits per heavy atom. The first-order valence-corrected chi connectivity index (χ1v) is 8.64. The predicted molar refractivity (Wildman–Crippen MR) is 109 cm³/mol. The molecule has 1 N–H and O–H groups in total. The van der Waals surface area contributed by atoms with E-state index in [0.29, 0.717) is 5.56 Å². The molecule has 0 heterocycles. The number of carbonyl (C=O) groups excluding carboxylic acids is 2. The topological polar surface area (TPSA) is 67.9 Å². The number of nitrogens with one attached hydrogen (secondary N) is 1. The summed E-state index contributed by atoms with van der Waals surface area (Å²) in [4.78, 5) is 24.4. The van der Waals surface area contributed by atoms with Gasteiger partial charge in [-0.15, -0.1) is 23.2 Å². The summed E-state index contributed by atoms with van der Waals surface area (Å²) in [5.74, 6) is -7.05. The van der Waals surface area contributed by atoms with Crippen LogP contribution in [-0.4, -0.2) is 55.5 Å². The largest absolute Gasteiger partial charge is 0.467 e. The third-order valence-corrected chi connectivity index (χ3v) is 3.29. The SMILES string of the molecule is [2H]C([2H])(Cl)C([2H])([2H])N(c1ccc(C[C@H](NC(=O)OC(C)(C)C)C(=O)OC)cc1)C([2H])([2H])C([2H])([2H])Cl. The van der Waals surface area contributed by atoms with E-state index in [-0.39, 0.29) is 17.0 Å². The van der Waals surface area contributed by atoms with Crippen molar-refractivity contribution >= 4 is 41.0 Å². The second kappa shape index (κ2) is 11.2. The molecule has 0 unspecified atom stereocenters. The van der Waals surface area contributed by atoms with Crippen LogP contribution in [0, 0.1) is 0 Å². The summed E-state index contributed by atoms with van der Waals surface area (Å²) < 4.78 is 72.7. The molecule has 1 aromatic rings. The van der Waals surface area contributed by atoms with Gasteiger partial charge in [-0.05, 0) is 38.5 Å². The van der Waals surface area contributed by atoms with Gasteiger partial charge in [0.25, 0.3) is 0 Å². The van der Waals surface area contributed by atoms with Crippen molar-refractivity contribution in [3.8, 4) is 0 Å². The van der Waals surface area contributed by atoms with Crippen molar-refractivity contribution in [2.75, 3.05) is 36.7 Å². The highest BCUT2D eigenvalue weighted by Gasteiger charge is 2.25.